The molecule has 4 heteroatoms. The monoisotopic (exact) mass is 289 g/mol. The molecule has 2 N–H and O–H groups in total. The predicted molar refractivity (Wildman–Crippen MR) is 90.5 cm³/mol. The van der Waals surface area contributed by atoms with Crippen LogP contribution in [0.4, 0.5) is 5.69 Å². The number of pyridine rings is 1. The van der Waals surface area contributed by atoms with Crippen molar-refractivity contribution in [2.45, 2.75) is 25.9 Å². The summed E-state index contributed by atoms with van der Waals surface area (Å²) in [6, 6.07) is 8.76. The number of para-hydroxylation sites is 1. The van der Waals surface area contributed by atoms with Crippen LogP contribution < -0.4 is 10.6 Å². The van der Waals surface area contributed by atoms with Gasteiger partial charge in [-0.2, -0.15) is 11.8 Å². The Labute approximate surface area is 125 Å². The molecule has 108 valence electrons. The van der Waals surface area contributed by atoms with Gasteiger partial charge in [0.25, 0.3) is 0 Å². The minimum Gasteiger partial charge on any atom is -0.371 e. The molecule has 0 fully saturated rings. The van der Waals surface area contributed by atoms with Gasteiger partial charge in [0.05, 0.1) is 11.2 Å². The lowest BCUT2D eigenvalue weighted by molar-refractivity contribution is 0.668. The molecule has 1 aromatic carbocycles. The number of benzene rings is 1. The van der Waals surface area contributed by atoms with Crippen LogP contribution in [0.15, 0.2) is 30.5 Å². The summed E-state index contributed by atoms with van der Waals surface area (Å²) in [5.74, 6) is 1.17. The van der Waals surface area contributed by atoms with Crippen LogP contribution in [-0.2, 0) is 6.54 Å². The van der Waals surface area contributed by atoms with E-state index >= 15 is 0 Å². The molecule has 1 atom stereocenters. The lowest BCUT2D eigenvalue weighted by Gasteiger charge is -2.30. The summed E-state index contributed by atoms with van der Waals surface area (Å²) in [7, 11) is 2.16. The molecule has 0 bridgehead atoms. The number of anilines is 1. The molecule has 2 aromatic rings. The van der Waals surface area contributed by atoms with Crippen LogP contribution in [0, 0.1) is 0 Å². The number of rotatable bonds is 6. The van der Waals surface area contributed by atoms with Gasteiger partial charge in [-0.25, -0.2) is 0 Å². The molecule has 1 heterocycles. The van der Waals surface area contributed by atoms with Crippen LogP contribution >= 0.6 is 11.8 Å². The Kier molecular flexibility index (Phi) is 5.26. The molecule has 1 unspecified atom stereocenters. The molecular formula is C16H23N3S. The molecule has 0 aliphatic heterocycles. The standard InChI is InChI=1S/C16H23N3S/c1-12(8-9-20-3)19(2)16-13(10-17)11-18-15-7-5-4-6-14(15)16/h4-7,11-12H,8-10,17H2,1-3H3. The molecule has 0 amide bonds. The maximum atomic E-state index is 5.91. The summed E-state index contributed by atoms with van der Waals surface area (Å²) >= 11 is 1.89. The smallest absolute Gasteiger partial charge is 0.0723 e. The number of hydrogen-bond acceptors (Lipinski definition) is 4. The first kappa shape index (κ1) is 15.1. The van der Waals surface area contributed by atoms with Crippen LogP contribution in [0.25, 0.3) is 10.9 Å². The van der Waals surface area contributed by atoms with Crippen LogP contribution in [0.1, 0.15) is 18.9 Å². The second-order valence-electron chi connectivity index (χ2n) is 5.09. The van der Waals surface area contributed by atoms with E-state index in [0.29, 0.717) is 12.6 Å². The molecule has 0 radical (unpaired) electrons. The summed E-state index contributed by atoms with van der Waals surface area (Å²) < 4.78 is 0. The topological polar surface area (TPSA) is 42.1 Å². The average molecular weight is 289 g/mol. The van der Waals surface area contributed by atoms with E-state index in [1.165, 1.54) is 23.2 Å². The largest absolute Gasteiger partial charge is 0.371 e. The fourth-order valence-corrected chi connectivity index (χ4v) is 3.01. The van der Waals surface area contributed by atoms with E-state index in [1.807, 2.05) is 24.0 Å². The lowest BCUT2D eigenvalue weighted by atomic mass is 10.1. The van der Waals surface area contributed by atoms with Crippen molar-refractivity contribution in [1.82, 2.24) is 4.98 Å². The third-order valence-corrected chi connectivity index (χ3v) is 4.44. The van der Waals surface area contributed by atoms with Crippen molar-refractivity contribution in [3.8, 4) is 0 Å². The molecule has 0 saturated carbocycles. The van der Waals surface area contributed by atoms with E-state index in [9.17, 15) is 0 Å². The SMILES string of the molecule is CSCCC(C)N(C)c1c(CN)cnc2ccccc12. The van der Waals surface area contributed by atoms with Crippen LogP contribution in [0.5, 0.6) is 0 Å². The van der Waals surface area contributed by atoms with Gasteiger partial charge in [0, 0.05) is 36.8 Å². The number of nitrogens with two attached hydrogens (primary N) is 1. The van der Waals surface area contributed by atoms with Crippen LogP contribution in [0.2, 0.25) is 0 Å². The van der Waals surface area contributed by atoms with Crippen molar-refractivity contribution < 1.29 is 0 Å². The van der Waals surface area contributed by atoms with Gasteiger partial charge in [-0.05, 0) is 31.4 Å². The Morgan fingerprint density at radius 1 is 1.35 bits per heavy atom. The third kappa shape index (κ3) is 3.07. The van der Waals surface area contributed by atoms with Gasteiger partial charge in [-0.3, -0.25) is 4.98 Å². The zero-order valence-electron chi connectivity index (χ0n) is 12.5. The van der Waals surface area contributed by atoms with Crippen molar-refractivity contribution in [3.63, 3.8) is 0 Å². The van der Waals surface area contributed by atoms with E-state index in [-0.39, 0.29) is 0 Å². The van der Waals surface area contributed by atoms with Crippen molar-refractivity contribution in [3.05, 3.63) is 36.0 Å². The Bertz CT molecular complexity index is 571. The second-order valence-corrected chi connectivity index (χ2v) is 6.08. The fourth-order valence-electron chi connectivity index (χ4n) is 2.44. The predicted octanol–water partition coefficient (Wildman–Crippen LogP) is 3.27. The van der Waals surface area contributed by atoms with E-state index < -0.39 is 0 Å². The molecule has 0 aliphatic carbocycles. The van der Waals surface area contributed by atoms with E-state index in [0.717, 1.165) is 11.1 Å². The van der Waals surface area contributed by atoms with Gasteiger partial charge in [0.1, 0.15) is 0 Å². The number of hydrogen-bond donors (Lipinski definition) is 1. The van der Waals surface area contributed by atoms with Crippen molar-refractivity contribution in [1.29, 1.82) is 0 Å². The van der Waals surface area contributed by atoms with Gasteiger partial charge in [-0.15, -0.1) is 0 Å². The van der Waals surface area contributed by atoms with Crippen LogP contribution in [0.3, 0.4) is 0 Å². The first-order valence-corrected chi connectivity index (χ1v) is 8.37. The van der Waals surface area contributed by atoms with E-state index in [4.69, 9.17) is 5.73 Å². The molecule has 0 spiro atoms. The molecule has 0 aliphatic rings. The molecule has 1 aromatic heterocycles. The molecular weight excluding hydrogens is 266 g/mol. The molecule has 3 nitrogen and oxygen atoms in total. The Balaban J connectivity index is 2.44. The number of thioether (sulfide) groups is 1. The van der Waals surface area contributed by atoms with E-state index in [1.54, 1.807) is 0 Å². The van der Waals surface area contributed by atoms with Gasteiger partial charge in [-0.1, -0.05) is 18.2 Å². The highest BCUT2D eigenvalue weighted by molar-refractivity contribution is 7.98. The zero-order valence-corrected chi connectivity index (χ0v) is 13.3. The Morgan fingerprint density at radius 3 is 2.80 bits per heavy atom. The Morgan fingerprint density at radius 2 is 2.10 bits per heavy atom. The van der Waals surface area contributed by atoms with Crippen molar-refractivity contribution in [2.75, 3.05) is 24.0 Å². The highest BCUT2D eigenvalue weighted by Gasteiger charge is 2.16. The summed E-state index contributed by atoms with van der Waals surface area (Å²) in [6.45, 7) is 2.79. The quantitative estimate of drug-likeness (QED) is 0.886. The Hall–Kier alpha value is -1.26. The highest BCUT2D eigenvalue weighted by atomic mass is 32.2. The molecule has 0 saturated heterocycles. The van der Waals surface area contributed by atoms with Gasteiger partial charge >= 0.3 is 0 Å². The molecule has 2 rings (SSSR count). The maximum Gasteiger partial charge on any atom is 0.0723 e. The maximum absolute atomic E-state index is 5.91. The average Bonchev–Trinajstić information content (AvgIpc) is 2.50. The number of aromatic nitrogens is 1. The van der Waals surface area contributed by atoms with E-state index in [2.05, 4.69) is 48.3 Å². The van der Waals surface area contributed by atoms with Crippen LogP contribution in [-0.4, -0.2) is 30.1 Å². The number of fused-ring (bicyclic) bond motifs is 1. The molecule has 20 heavy (non-hydrogen) atoms. The van der Waals surface area contributed by atoms with Gasteiger partial charge < -0.3 is 10.6 Å². The third-order valence-electron chi connectivity index (χ3n) is 3.80. The van der Waals surface area contributed by atoms with Crippen molar-refractivity contribution in [2.24, 2.45) is 5.73 Å². The first-order chi connectivity index (χ1) is 9.69. The summed E-state index contributed by atoms with van der Waals surface area (Å²) in [5.41, 5.74) is 9.28. The lowest BCUT2D eigenvalue weighted by Crippen LogP contribution is -2.30. The second kappa shape index (κ2) is 6.95. The van der Waals surface area contributed by atoms with Gasteiger partial charge in [0.2, 0.25) is 0 Å². The normalized spacial score (nSPS) is 12.6. The summed E-state index contributed by atoms with van der Waals surface area (Å²) in [4.78, 5) is 6.86. The first-order valence-electron chi connectivity index (χ1n) is 6.97. The highest BCUT2D eigenvalue weighted by Crippen LogP contribution is 2.30. The minimum atomic E-state index is 0.485. The zero-order chi connectivity index (χ0) is 14.5. The minimum absolute atomic E-state index is 0.485. The summed E-state index contributed by atoms with van der Waals surface area (Å²) in [5, 5.41) is 1.19. The summed E-state index contributed by atoms with van der Waals surface area (Å²) in [6.07, 6.45) is 5.23. The van der Waals surface area contributed by atoms with Gasteiger partial charge in [0.15, 0.2) is 0 Å². The number of nitrogens with zero attached hydrogens (tertiary/aromatic N) is 2. The van der Waals surface area contributed by atoms with Crippen molar-refractivity contribution >= 4 is 28.4 Å². The fraction of sp³-hybridized carbons (Fsp3) is 0.438.